The Labute approximate surface area is 166 Å². The topological polar surface area (TPSA) is 72.0 Å². The molecule has 0 aliphatic heterocycles. The van der Waals surface area contributed by atoms with Crippen LogP contribution in [0.4, 0.5) is 13.8 Å². The highest BCUT2D eigenvalue weighted by Gasteiger charge is 2.28. The third-order valence-electron chi connectivity index (χ3n) is 4.78. The van der Waals surface area contributed by atoms with E-state index in [2.05, 4.69) is 5.32 Å². The van der Waals surface area contributed by atoms with Crippen LogP contribution in [-0.4, -0.2) is 25.0 Å². The standard InChI is InChI=1S/C20H22F2N2O3S/c1-3-27-20(26)18-13-5-4-6-16(13)28-19(18)24-17(25)10-23-11(2)12-7-8-14(21)15(22)9-12/h7-9,11,23H,3-6,10H2,1-2H3,(H,24,25)/p+1/t11-/m1/s1. The van der Waals surface area contributed by atoms with Crippen molar-refractivity contribution in [1.82, 2.24) is 0 Å². The van der Waals surface area contributed by atoms with E-state index in [1.165, 1.54) is 17.4 Å². The lowest BCUT2D eigenvalue weighted by Gasteiger charge is -2.12. The molecule has 2 aromatic rings. The van der Waals surface area contributed by atoms with E-state index in [1.54, 1.807) is 12.2 Å². The number of esters is 1. The maximum Gasteiger partial charge on any atom is 0.341 e. The molecule has 1 aromatic carbocycles. The number of aryl methyl sites for hydroxylation is 1. The first kappa shape index (κ1) is 20.4. The molecule has 0 saturated carbocycles. The number of hydrogen-bond acceptors (Lipinski definition) is 4. The molecule has 1 amide bonds. The maximum atomic E-state index is 13.4. The third kappa shape index (κ3) is 4.39. The number of nitrogens with one attached hydrogen (secondary N) is 1. The number of benzene rings is 1. The Morgan fingerprint density at radius 2 is 2.07 bits per heavy atom. The van der Waals surface area contributed by atoms with Crippen molar-refractivity contribution < 1.29 is 28.4 Å². The van der Waals surface area contributed by atoms with Crippen LogP contribution in [0.25, 0.3) is 0 Å². The Hall–Kier alpha value is -2.32. The molecular weight excluding hydrogens is 386 g/mol. The lowest BCUT2D eigenvalue weighted by Crippen LogP contribution is -2.86. The van der Waals surface area contributed by atoms with Crippen molar-refractivity contribution in [3.63, 3.8) is 0 Å². The summed E-state index contributed by atoms with van der Waals surface area (Å²) >= 11 is 1.43. The fourth-order valence-electron chi connectivity index (χ4n) is 3.30. The Morgan fingerprint density at radius 3 is 2.79 bits per heavy atom. The molecule has 1 atom stereocenters. The quantitative estimate of drug-likeness (QED) is 0.691. The summed E-state index contributed by atoms with van der Waals surface area (Å²) in [5.41, 5.74) is 2.05. The van der Waals surface area contributed by atoms with Crippen LogP contribution in [0.5, 0.6) is 0 Å². The van der Waals surface area contributed by atoms with Crippen LogP contribution >= 0.6 is 11.3 Å². The summed E-state index contributed by atoms with van der Waals surface area (Å²) in [4.78, 5) is 25.9. The van der Waals surface area contributed by atoms with Gasteiger partial charge in [-0.1, -0.05) is 0 Å². The minimum absolute atomic E-state index is 0.0883. The molecule has 8 heteroatoms. The summed E-state index contributed by atoms with van der Waals surface area (Å²) < 4.78 is 31.6. The van der Waals surface area contributed by atoms with Gasteiger partial charge >= 0.3 is 5.97 Å². The van der Waals surface area contributed by atoms with Crippen molar-refractivity contribution >= 4 is 28.2 Å². The fraction of sp³-hybridized carbons (Fsp3) is 0.400. The Kier molecular flexibility index (Phi) is 6.41. The first-order chi connectivity index (χ1) is 13.4. The van der Waals surface area contributed by atoms with E-state index in [0.717, 1.165) is 41.8 Å². The molecule has 1 aliphatic rings. The van der Waals surface area contributed by atoms with E-state index >= 15 is 0 Å². The van der Waals surface area contributed by atoms with E-state index in [1.807, 2.05) is 6.92 Å². The number of ether oxygens (including phenoxy) is 1. The van der Waals surface area contributed by atoms with Crippen molar-refractivity contribution in [1.29, 1.82) is 0 Å². The second-order valence-electron chi connectivity index (χ2n) is 6.73. The maximum absolute atomic E-state index is 13.4. The van der Waals surface area contributed by atoms with E-state index in [9.17, 15) is 18.4 Å². The fourth-order valence-corrected chi connectivity index (χ4v) is 4.60. The number of anilines is 1. The van der Waals surface area contributed by atoms with Gasteiger partial charge in [-0.15, -0.1) is 11.3 Å². The summed E-state index contributed by atoms with van der Waals surface area (Å²) in [6, 6.07) is 3.49. The van der Waals surface area contributed by atoms with Gasteiger partial charge in [0.2, 0.25) is 0 Å². The SMILES string of the molecule is CCOC(=O)c1c(NC(=O)C[NH2+][C@H](C)c2ccc(F)c(F)c2)sc2c1CCC2. The first-order valence-electron chi connectivity index (χ1n) is 9.30. The highest BCUT2D eigenvalue weighted by molar-refractivity contribution is 7.17. The number of halogens is 2. The number of hydrogen-bond donors (Lipinski definition) is 2. The second-order valence-corrected chi connectivity index (χ2v) is 7.84. The third-order valence-corrected chi connectivity index (χ3v) is 5.99. The zero-order valence-electron chi connectivity index (χ0n) is 15.8. The lowest BCUT2D eigenvalue weighted by atomic mass is 10.1. The van der Waals surface area contributed by atoms with Crippen molar-refractivity contribution in [2.24, 2.45) is 0 Å². The predicted molar refractivity (Wildman–Crippen MR) is 102 cm³/mol. The van der Waals surface area contributed by atoms with Crippen LogP contribution in [-0.2, 0) is 22.4 Å². The van der Waals surface area contributed by atoms with E-state index in [-0.39, 0.29) is 25.1 Å². The van der Waals surface area contributed by atoms with Gasteiger partial charge in [0, 0.05) is 10.4 Å². The van der Waals surface area contributed by atoms with Gasteiger partial charge in [0.1, 0.15) is 11.0 Å². The van der Waals surface area contributed by atoms with Crippen LogP contribution in [0.15, 0.2) is 18.2 Å². The largest absolute Gasteiger partial charge is 0.462 e. The molecule has 0 spiro atoms. The molecule has 1 aliphatic carbocycles. The van der Waals surface area contributed by atoms with Gasteiger partial charge in [-0.05, 0) is 56.9 Å². The summed E-state index contributed by atoms with van der Waals surface area (Å²) in [6.07, 6.45) is 2.72. The highest BCUT2D eigenvalue weighted by Crippen LogP contribution is 2.39. The number of rotatable bonds is 7. The number of fused-ring (bicyclic) bond motifs is 1. The molecule has 5 nitrogen and oxygen atoms in total. The molecule has 3 rings (SSSR count). The molecule has 0 fully saturated rings. The molecule has 28 heavy (non-hydrogen) atoms. The molecule has 0 radical (unpaired) electrons. The summed E-state index contributed by atoms with van der Waals surface area (Å²) in [5.74, 6) is -2.48. The molecule has 1 heterocycles. The first-order valence-corrected chi connectivity index (χ1v) is 10.1. The summed E-state index contributed by atoms with van der Waals surface area (Å²) in [5, 5.41) is 5.08. The minimum Gasteiger partial charge on any atom is -0.462 e. The smallest absolute Gasteiger partial charge is 0.341 e. The summed E-state index contributed by atoms with van der Waals surface area (Å²) in [7, 11) is 0. The lowest BCUT2D eigenvalue weighted by molar-refractivity contribution is -0.682. The van der Waals surface area contributed by atoms with Crippen LogP contribution in [0.1, 0.15) is 52.7 Å². The van der Waals surface area contributed by atoms with E-state index in [0.29, 0.717) is 16.1 Å². The van der Waals surface area contributed by atoms with Gasteiger partial charge in [-0.3, -0.25) is 4.79 Å². The van der Waals surface area contributed by atoms with Crippen LogP contribution in [0, 0.1) is 11.6 Å². The Balaban J connectivity index is 1.65. The number of amides is 1. The van der Waals surface area contributed by atoms with Crippen LogP contribution in [0.2, 0.25) is 0 Å². The normalized spacial score (nSPS) is 13.9. The Morgan fingerprint density at radius 1 is 1.29 bits per heavy atom. The number of thiophene rings is 1. The average Bonchev–Trinajstić information content (AvgIpc) is 3.22. The molecule has 0 saturated heterocycles. The second kappa shape index (κ2) is 8.79. The van der Waals surface area contributed by atoms with Gasteiger partial charge < -0.3 is 15.4 Å². The highest BCUT2D eigenvalue weighted by atomic mass is 32.1. The number of nitrogens with two attached hydrogens (primary N) is 1. The number of carbonyl (C=O) groups is 2. The van der Waals surface area contributed by atoms with Crippen molar-refractivity contribution in [2.75, 3.05) is 18.5 Å². The van der Waals surface area contributed by atoms with Crippen molar-refractivity contribution in [2.45, 2.75) is 39.2 Å². The monoisotopic (exact) mass is 409 g/mol. The zero-order chi connectivity index (χ0) is 20.3. The molecular formula is C20H23F2N2O3S+. The molecule has 0 unspecified atom stereocenters. The molecule has 3 N–H and O–H groups in total. The molecule has 150 valence electrons. The van der Waals surface area contributed by atoms with Gasteiger partial charge in [0.05, 0.1) is 12.2 Å². The van der Waals surface area contributed by atoms with E-state index in [4.69, 9.17) is 4.74 Å². The number of carbonyl (C=O) groups excluding carboxylic acids is 2. The van der Waals surface area contributed by atoms with Gasteiger partial charge in [0.15, 0.2) is 18.2 Å². The molecule has 0 bridgehead atoms. The van der Waals surface area contributed by atoms with Gasteiger partial charge in [0.25, 0.3) is 5.91 Å². The average molecular weight is 409 g/mol. The summed E-state index contributed by atoms with van der Waals surface area (Å²) in [6.45, 7) is 3.92. The van der Waals surface area contributed by atoms with Crippen LogP contribution < -0.4 is 10.6 Å². The predicted octanol–water partition coefficient (Wildman–Crippen LogP) is 2.95. The number of quaternary nitrogens is 1. The Bertz CT molecular complexity index is 898. The molecule has 1 aromatic heterocycles. The van der Waals surface area contributed by atoms with Gasteiger partial charge in [-0.2, -0.15) is 0 Å². The van der Waals surface area contributed by atoms with Crippen LogP contribution in [0.3, 0.4) is 0 Å². The van der Waals surface area contributed by atoms with Crippen molar-refractivity contribution in [3.05, 3.63) is 51.4 Å². The van der Waals surface area contributed by atoms with Crippen molar-refractivity contribution in [3.8, 4) is 0 Å². The zero-order valence-corrected chi connectivity index (χ0v) is 16.6. The van der Waals surface area contributed by atoms with E-state index < -0.39 is 17.6 Å². The van der Waals surface area contributed by atoms with Gasteiger partial charge in [-0.25, -0.2) is 13.6 Å². The minimum atomic E-state index is -0.908.